The Balaban J connectivity index is 2.22. The third kappa shape index (κ3) is 2.91. The van der Waals surface area contributed by atoms with Gasteiger partial charge >= 0.3 is 0 Å². The highest BCUT2D eigenvalue weighted by atomic mass is 16.6. The highest BCUT2D eigenvalue weighted by Crippen LogP contribution is 2.21. The molecule has 1 aromatic heterocycles. The zero-order chi connectivity index (χ0) is 14.7. The SMILES string of the molecule is CC(=O)Nc1ccc(C)c(NC(=O)c2nonc2N)c1. The number of nitrogen functional groups attached to an aromatic ring is 1. The molecule has 0 spiro atoms. The molecule has 2 aromatic rings. The number of nitrogens with one attached hydrogen (secondary N) is 2. The molecule has 2 rings (SSSR count). The summed E-state index contributed by atoms with van der Waals surface area (Å²) >= 11 is 0. The minimum absolute atomic E-state index is 0.0850. The van der Waals surface area contributed by atoms with Crippen LogP contribution in [0.3, 0.4) is 0 Å². The van der Waals surface area contributed by atoms with Gasteiger partial charge in [-0.05, 0) is 34.9 Å². The zero-order valence-electron chi connectivity index (χ0n) is 10.9. The standard InChI is InChI=1S/C12H13N5O3/c1-6-3-4-8(14-7(2)18)5-9(6)15-12(19)10-11(13)17-20-16-10/h3-5H,1-2H3,(H2,13,17)(H,14,18)(H,15,19). The van der Waals surface area contributed by atoms with Gasteiger partial charge in [-0.3, -0.25) is 9.59 Å². The van der Waals surface area contributed by atoms with Crippen LogP contribution in [0.1, 0.15) is 23.0 Å². The maximum absolute atomic E-state index is 11.9. The maximum atomic E-state index is 11.9. The van der Waals surface area contributed by atoms with Crippen LogP contribution < -0.4 is 16.4 Å². The Bertz CT molecular complexity index is 665. The van der Waals surface area contributed by atoms with E-state index < -0.39 is 5.91 Å². The Labute approximate surface area is 114 Å². The van der Waals surface area contributed by atoms with Gasteiger partial charge in [-0.1, -0.05) is 6.07 Å². The van der Waals surface area contributed by atoms with Gasteiger partial charge in [0.1, 0.15) is 0 Å². The van der Waals surface area contributed by atoms with E-state index in [1.54, 1.807) is 18.2 Å². The summed E-state index contributed by atoms with van der Waals surface area (Å²) in [5.41, 5.74) is 7.28. The Hall–Kier alpha value is -2.90. The molecule has 1 heterocycles. The second-order valence-corrected chi connectivity index (χ2v) is 4.16. The minimum atomic E-state index is -0.535. The number of amides is 2. The predicted octanol–water partition coefficient (Wildman–Crippen LogP) is 1.17. The van der Waals surface area contributed by atoms with Crippen LogP contribution in [0, 0.1) is 6.92 Å². The molecule has 104 valence electrons. The van der Waals surface area contributed by atoms with Crippen LogP contribution in [-0.2, 0) is 4.79 Å². The van der Waals surface area contributed by atoms with Gasteiger partial charge in [0.25, 0.3) is 5.91 Å². The molecule has 0 aliphatic heterocycles. The Kier molecular flexibility index (Phi) is 3.65. The number of aromatic nitrogens is 2. The van der Waals surface area contributed by atoms with Crippen LogP contribution >= 0.6 is 0 Å². The highest BCUT2D eigenvalue weighted by Gasteiger charge is 2.17. The molecule has 0 fully saturated rings. The molecule has 0 unspecified atom stereocenters. The van der Waals surface area contributed by atoms with E-state index in [1.807, 2.05) is 6.92 Å². The number of carbonyl (C=O) groups is 2. The van der Waals surface area contributed by atoms with Crippen molar-refractivity contribution in [2.75, 3.05) is 16.4 Å². The number of hydrogen-bond donors (Lipinski definition) is 3. The van der Waals surface area contributed by atoms with E-state index in [4.69, 9.17) is 5.73 Å². The Morgan fingerprint density at radius 1 is 1.25 bits per heavy atom. The van der Waals surface area contributed by atoms with E-state index >= 15 is 0 Å². The van der Waals surface area contributed by atoms with Gasteiger partial charge in [0.15, 0.2) is 0 Å². The molecule has 4 N–H and O–H groups in total. The van der Waals surface area contributed by atoms with Gasteiger partial charge in [-0.15, -0.1) is 0 Å². The smallest absolute Gasteiger partial charge is 0.281 e. The van der Waals surface area contributed by atoms with Gasteiger partial charge in [0.05, 0.1) is 0 Å². The maximum Gasteiger partial charge on any atom is 0.281 e. The summed E-state index contributed by atoms with van der Waals surface area (Å²) in [6.45, 7) is 3.22. The van der Waals surface area contributed by atoms with Gasteiger partial charge in [0, 0.05) is 18.3 Å². The molecule has 0 saturated carbocycles. The number of nitrogens with two attached hydrogens (primary N) is 1. The minimum Gasteiger partial charge on any atom is -0.379 e. The number of carbonyl (C=O) groups excluding carboxylic acids is 2. The Morgan fingerprint density at radius 3 is 2.60 bits per heavy atom. The molecule has 0 atom stereocenters. The molecule has 0 radical (unpaired) electrons. The first-order valence-electron chi connectivity index (χ1n) is 5.75. The zero-order valence-corrected chi connectivity index (χ0v) is 10.9. The number of hydrogen-bond acceptors (Lipinski definition) is 6. The lowest BCUT2D eigenvalue weighted by molar-refractivity contribution is -0.114. The van der Waals surface area contributed by atoms with Crippen LogP contribution in [0.5, 0.6) is 0 Å². The molecular weight excluding hydrogens is 262 g/mol. The molecule has 20 heavy (non-hydrogen) atoms. The number of anilines is 3. The fourth-order valence-corrected chi connectivity index (χ4v) is 1.57. The van der Waals surface area contributed by atoms with E-state index in [0.29, 0.717) is 11.4 Å². The van der Waals surface area contributed by atoms with Crippen LogP contribution in [0.2, 0.25) is 0 Å². The third-order valence-electron chi connectivity index (χ3n) is 2.54. The van der Waals surface area contributed by atoms with Crippen molar-refractivity contribution < 1.29 is 14.2 Å². The van der Waals surface area contributed by atoms with Crippen LogP contribution in [0.15, 0.2) is 22.8 Å². The summed E-state index contributed by atoms with van der Waals surface area (Å²) in [6, 6.07) is 5.14. The highest BCUT2D eigenvalue weighted by molar-refractivity contribution is 6.06. The summed E-state index contributed by atoms with van der Waals surface area (Å²) in [5, 5.41) is 12.0. The van der Waals surface area contributed by atoms with Crippen molar-refractivity contribution in [2.24, 2.45) is 0 Å². The molecule has 2 amide bonds. The molecule has 1 aromatic carbocycles. The number of nitrogens with zero attached hydrogens (tertiary/aromatic N) is 2. The molecule has 0 saturated heterocycles. The third-order valence-corrected chi connectivity index (χ3v) is 2.54. The van der Waals surface area contributed by atoms with E-state index in [-0.39, 0.29) is 17.4 Å². The van der Waals surface area contributed by atoms with Crippen molar-refractivity contribution in [3.05, 3.63) is 29.5 Å². The Morgan fingerprint density at radius 2 is 2.00 bits per heavy atom. The normalized spacial score (nSPS) is 10.1. The van der Waals surface area contributed by atoms with Gasteiger partial charge < -0.3 is 16.4 Å². The average molecular weight is 275 g/mol. The molecular formula is C12H13N5O3. The van der Waals surface area contributed by atoms with Crippen LogP contribution in [0.25, 0.3) is 0 Å². The lowest BCUT2D eigenvalue weighted by Gasteiger charge is -2.10. The van der Waals surface area contributed by atoms with E-state index in [9.17, 15) is 9.59 Å². The first kappa shape index (κ1) is 13.5. The van der Waals surface area contributed by atoms with E-state index in [1.165, 1.54) is 6.92 Å². The summed E-state index contributed by atoms with van der Waals surface area (Å²) in [5.74, 6) is -0.818. The van der Waals surface area contributed by atoms with E-state index in [0.717, 1.165) is 5.56 Å². The van der Waals surface area contributed by atoms with Gasteiger partial charge in [0.2, 0.25) is 17.4 Å². The van der Waals surface area contributed by atoms with Crippen LogP contribution in [-0.4, -0.2) is 22.1 Å². The lowest BCUT2D eigenvalue weighted by Crippen LogP contribution is -2.15. The van der Waals surface area contributed by atoms with Gasteiger partial charge in [-0.2, -0.15) is 0 Å². The number of aryl methyl sites for hydroxylation is 1. The largest absolute Gasteiger partial charge is 0.379 e. The van der Waals surface area contributed by atoms with Crippen molar-refractivity contribution in [3.8, 4) is 0 Å². The molecule has 0 bridgehead atoms. The fourth-order valence-electron chi connectivity index (χ4n) is 1.57. The summed E-state index contributed by atoms with van der Waals surface area (Å²) in [4.78, 5) is 23.0. The number of benzene rings is 1. The van der Waals surface area contributed by atoms with Crippen LogP contribution in [0.4, 0.5) is 17.2 Å². The topological polar surface area (TPSA) is 123 Å². The lowest BCUT2D eigenvalue weighted by atomic mass is 10.1. The predicted molar refractivity (Wildman–Crippen MR) is 72.1 cm³/mol. The monoisotopic (exact) mass is 275 g/mol. The average Bonchev–Trinajstić information content (AvgIpc) is 2.79. The second kappa shape index (κ2) is 5.39. The summed E-state index contributed by atoms with van der Waals surface area (Å²) in [6.07, 6.45) is 0. The summed E-state index contributed by atoms with van der Waals surface area (Å²) in [7, 11) is 0. The van der Waals surface area contributed by atoms with Gasteiger partial charge in [-0.25, -0.2) is 4.63 Å². The quantitative estimate of drug-likeness (QED) is 0.772. The van der Waals surface area contributed by atoms with E-state index in [2.05, 4.69) is 25.6 Å². The van der Waals surface area contributed by atoms with Crippen molar-refractivity contribution >= 4 is 29.0 Å². The van der Waals surface area contributed by atoms with Crippen molar-refractivity contribution in [2.45, 2.75) is 13.8 Å². The first-order chi connectivity index (χ1) is 9.47. The molecule has 0 aliphatic rings. The fraction of sp³-hybridized carbons (Fsp3) is 0.167. The molecule has 0 aliphatic carbocycles. The molecule has 8 heteroatoms. The summed E-state index contributed by atoms with van der Waals surface area (Å²) < 4.78 is 4.37. The van der Waals surface area contributed by atoms with Crippen molar-refractivity contribution in [3.63, 3.8) is 0 Å². The first-order valence-corrected chi connectivity index (χ1v) is 5.75. The second-order valence-electron chi connectivity index (χ2n) is 4.16. The molecule has 8 nitrogen and oxygen atoms in total. The van der Waals surface area contributed by atoms with Crippen molar-refractivity contribution in [1.29, 1.82) is 0 Å². The van der Waals surface area contributed by atoms with Crippen molar-refractivity contribution in [1.82, 2.24) is 10.3 Å². The number of rotatable bonds is 3.